The van der Waals surface area contributed by atoms with Crippen LogP contribution in [0.2, 0.25) is 0 Å². The van der Waals surface area contributed by atoms with Gasteiger partial charge in [0, 0.05) is 25.2 Å². The van der Waals surface area contributed by atoms with Gasteiger partial charge in [0.05, 0.1) is 0 Å². The Labute approximate surface area is 142 Å². The highest BCUT2D eigenvalue weighted by molar-refractivity contribution is 5.68. The average molecular weight is 328 g/mol. The van der Waals surface area contributed by atoms with E-state index in [1.165, 1.54) is 25.9 Å². The minimum absolute atomic E-state index is 0.144. The molecule has 0 bridgehead atoms. The molecule has 0 aromatic heterocycles. The van der Waals surface area contributed by atoms with Gasteiger partial charge in [-0.2, -0.15) is 0 Å². The van der Waals surface area contributed by atoms with Gasteiger partial charge in [0.2, 0.25) is 0 Å². The van der Waals surface area contributed by atoms with Gasteiger partial charge < -0.3 is 19.9 Å². The third kappa shape index (κ3) is 7.53. The molecule has 0 saturated carbocycles. The standard InChI is InChI=1S/C18H37N3O2/c1-14(2)21(17(22)23-18(4,5)6)13-10-19-15(3)16-8-11-20(7)12-9-16/h14-16,19H,8-13H2,1-7H3. The van der Waals surface area contributed by atoms with Gasteiger partial charge in [-0.1, -0.05) is 0 Å². The monoisotopic (exact) mass is 327 g/mol. The van der Waals surface area contributed by atoms with Gasteiger partial charge in [0.15, 0.2) is 0 Å². The van der Waals surface area contributed by atoms with E-state index >= 15 is 0 Å². The zero-order valence-corrected chi connectivity index (χ0v) is 16.2. The van der Waals surface area contributed by atoms with Crippen molar-refractivity contribution in [2.45, 2.75) is 72.1 Å². The Bertz CT molecular complexity index is 358. The molecule has 1 aliphatic heterocycles. The minimum Gasteiger partial charge on any atom is -0.444 e. The molecule has 5 nitrogen and oxygen atoms in total. The Morgan fingerprint density at radius 2 is 1.83 bits per heavy atom. The van der Waals surface area contributed by atoms with Crippen LogP contribution in [0.4, 0.5) is 4.79 Å². The number of hydrogen-bond acceptors (Lipinski definition) is 4. The Morgan fingerprint density at radius 3 is 2.30 bits per heavy atom. The molecule has 1 rings (SSSR count). The zero-order chi connectivity index (χ0) is 17.6. The second-order valence-corrected chi connectivity index (χ2v) is 8.15. The zero-order valence-electron chi connectivity index (χ0n) is 16.2. The number of hydrogen-bond donors (Lipinski definition) is 1. The first-order valence-electron chi connectivity index (χ1n) is 9.01. The number of likely N-dealkylation sites (tertiary alicyclic amines) is 1. The lowest BCUT2D eigenvalue weighted by molar-refractivity contribution is 0.0191. The van der Waals surface area contributed by atoms with Crippen molar-refractivity contribution in [2.24, 2.45) is 5.92 Å². The summed E-state index contributed by atoms with van der Waals surface area (Å²) in [6, 6.07) is 0.640. The molecule has 1 heterocycles. The van der Waals surface area contributed by atoms with Crippen LogP contribution in [0, 0.1) is 5.92 Å². The number of carbonyl (C=O) groups is 1. The summed E-state index contributed by atoms with van der Waals surface area (Å²) < 4.78 is 5.50. The third-order valence-corrected chi connectivity index (χ3v) is 4.54. The summed E-state index contributed by atoms with van der Waals surface area (Å²) >= 11 is 0. The SMILES string of the molecule is CC(NCCN(C(=O)OC(C)(C)C)C(C)C)C1CCN(C)CC1. The van der Waals surface area contributed by atoms with Crippen LogP contribution in [0.3, 0.4) is 0 Å². The highest BCUT2D eigenvalue weighted by atomic mass is 16.6. The summed E-state index contributed by atoms with van der Waals surface area (Å²) in [7, 11) is 2.19. The third-order valence-electron chi connectivity index (χ3n) is 4.54. The molecule has 0 aliphatic carbocycles. The van der Waals surface area contributed by atoms with Gasteiger partial charge in [0.1, 0.15) is 5.60 Å². The number of rotatable bonds is 6. The number of ether oxygens (including phenoxy) is 1. The number of nitrogens with zero attached hydrogens (tertiary/aromatic N) is 2. The lowest BCUT2D eigenvalue weighted by atomic mass is 9.90. The topological polar surface area (TPSA) is 44.8 Å². The Morgan fingerprint density at radius 1 is 1.26 bits per heavy atom. The first-order chi connectivity index (χ1) is 10.6. The lowest BCUT2D eigenvalue weighted by Crippen LogP contribution is -2.47. The summed E-state index contributed by atoms with van der Waals surface area (Å²) in [6.45, 7) is 15.9. The molecular formula is C18H37N3O2. The quantitative estimate of drug-likeness (QED) is 0.815. The van der Waals surface area contributed by atoms with Gasteiger partial charge in [-0.3, -0.25) is 0 Å². The molecule has 23 heavy (non-hydrogen) atoms. The highest BCUT2D eigenvalue weighted by Gasteiger charge is 2.25. The van der Waals surface area contributed by atoms with Crippen LogP contribution in [0.1, 0.15) is 54.4 Å². The van der Waals surface area contributed by atoms with Crippen LogP contribution >= 0.6 is 0 Å². The van der Waals surface area contributed by atoms with Crippen LogP contribution < -0.4 is 5.32 Å². The van der Waals surface area contributed by atoms with Crippen LogP contribution in [0.15, 0.2) is 0 Å². The molecular weight excluding hydrogens is 290 g/mol. The van der Waals surface area contributed by atoms with E-state index in [1.807, 2.05) is 34.6 Å². The van der Waals surface area contributed by atoms with Gasteiger partial charge in [-0.05, 0) is 80.4 Å². The van der Waals surface area contributed by atoms with Gasteiger partial charge in [0.25, 0.3) is 0 Å². The van der Waals surface area contributed by atoms with Crippen molar-refractivity contribution in [1.82, 2.24) is 15.1 Å². The van der Waals surface area contributed by atoms with Crippen molar-refractivity contribution in [3.63, 3.8) is 0 Å². The highest BCUT2D eigenvalue weighted by Crippen LogP contribution is 2.19. The van der Waals surface area contributed by atoms with E-state index < -0.39 is 5.60 Å². The molecule has 5 heteroatoms. The minimum atomic E-state index is -0.445. The molecule has 1 fully saturated rings. The second kappa shape index (κ2) is 8.88. The smallest absolute Gasteiger partial charge is 0.410 e. The second-order valence-electron chi connectivity index (χ2n) is 8.15. The molecule has 0 radical (unpaired) electrons. The Balaban J connectivity index is 2.39. The van der Waals surface area contributed by atoms with Gasteiger partial charge in [-0.25, -0.2) is 4.79 Å². The first-order valence-corrected chi connectivity index (χ1v) is 9.01. The van der Waals surface area contributed by atoms with Gasteiger partial charge in [-0.15, -0.1) is 0 Å². The average Bonchev–Trinajstić information content (AvgIpc) is 2.41. The Hall–Kier alpha value is -0.810. The van der Waals surface area contributed by atoms with Crippen LogP contribution in [0.5, 0.6) is 0 Å². The van der Waals surface area contributed by atoms with E-state index in [0.29, 0.717) is 12.6 Å². The summed E-state index contributed by atoms with van der Waals surface area (Å²) in [5.41, 5.74) is -0.445. The fourth-order valence-corrected chi connectivity index (χ4v) is 2.99. The molecule has 1 amide bonds. The van der Waals surface area contributed by atoms with Crippen LogP contribution in [-0.2, 0) is 4.74 Å². The van der Waals surface area contributed by atoms with Crippen LogP contribution in [0.25, 0.3) is 0 Å². The van der Waals surface area contributed by atoms with Crippen LogP contribution in [-0.4, -0.2) is 66.8 Å². The van der Waals surface area contributed by atoms with E-state index in [0.717, 1.165) is 12.5 Å². The van der Waals surface area contributed by atoms with Crippen molar-refractivity contribution >= 4 is 6.09 Å². The maximum atomic E-state index is 12.3. The fourth-order valence-electron chi connectivity index (χ4n) is 2.99. The van der Waals surface area contributed by atoms with E-state index in [9.17, 15) is 4.79 Å². The molecule has 1 saturated heterocycles. The predicted molar refractivity (Wildman–Crippen MR) is 95.8 cm³/mol. The van der Waals surface area contributed by atoms with E-state index in [4.69, 9.17) is 4.74 Å². The van der Waals surface area contributed by atoms with Crippen molar-refractivity contribution < 1.29 is 9.53 Å². The van der Waals surface area contributed by atoms with Crippen molar-refractivity contribution in [3.8, 4) is 0 Å². The van der Waals surface area contributed by atoms with Crippen molar-refractivity contribution in [2.75, 3.05) is 33.2 Å². The maximum absolute atomic E-state index is 12.3. The summed E-state index contributed by atoms with van der Waals surface area (Å²) in [4.78, 5) is 16.5. The fraction of sp³-hybridized carbons (Fsp3) is 0.944. The first kappa shape index (κ1) is 20.2. The van der Waals surface area contributed by atoms with E-state index in [1.54, 1.807) is 4.90 Å². The molecule has 1 atom stereocenters. The summed E-state index contributed by atoms with van der Waals surface area (Å²) in [6.07, 6.45) is 2.29. The van der Waals surface area contributed by atoms with E-state index in [-0.39, 0.29) is 12.1 Å². The molecule has 0 spiro atoms. The lowest BCUT2D eigenvalue weighted by Gasteiger charge is -2.34. The predicted octanol–water partition coefficient (Wildman–Crippen LogP) is 2.95. The Kier molecular flexibility index (Phi) is 7.81. The maximum Gasteiger partial charge on any atom is 0.410 e. The summed E-state index contributed by atoms with van der Waals surface area (Å²) in [5, 5.41) is 3.60. The molecule has 1 unspecified atom stereocenters. The number of carbonyl (C=O) groups excluding carboxylic acids is 1. The molecule has 1 N–H and O–H groups in total. The number of nitrogens with one attached hydrogen (secondary N) is 1. The number of amides is 1. The molecule has 0 aromatic rings. The molecule has 1 aliphatic rings. The molecule has 0 aromatic carbocycles. The largest absolute Gasteiger partial charge is 0.444 e. The number of piperidine rings is 1. The normalized spacial score (nSPS) is 19.0. The van der Waals surface area contributed by atoms with Crippen molar-refractivity contribution in [3.05, 3.63) is 0 Å². The van der Waals surface area contributed by atoms with Crippen molar-refractivity contribution in [1.29, 1.82) is 0 Å². The van der Waals surface area contributed by atoms with Gasteiger partial charge >= 0.3 is 6.09 Å². The van der Waals surface area contributed by atoms with E-state index in [2.05, 4.69) is 24.2 Å². The molecule has 136 valence electrons. The summed E-state index contributed by atoms with van der Waals surface area (Å²) in [5.74, 6) is 0.736.